The van der Waals surface area contributed by atoms with Crippen molar-refractivity contribution in [3.8, 4) is 16.9 Å². The number of halogens is 2. The molecule has 5 rings (SSSR count). The number of rotatable bonds is 6. The number of nitrogens with one attached hydrogen (secondary N) is 1. The Labute approximate surface area is 218 Å². The van der Waals surface area contributed by atoms with Crippen molar-refractivity contribution in [1.82, 2.24) is 15.2 Å². The van der Waals surface area contributed by atoms with Crippen LogP contribution in [0.15, 0.2) is 84.1 Å². The maximum absolute atomic E-state index is 12.8. The molecule has 11 heteroatoms. The Bertz CT molecular complexity index is 1650. The van der Waals surface area contributed by atoms with Gasteiger partial charge in [0.25, 0.3) is 11.6 Å². The molecule has 3 aromatic carbocycles. The number of nitro benzene ring substituents is 1. The van der Waals surface area contributed by atoms with Crippen LogP contribution in [0.3, 0.4) is 0 Å². The van der Waals surface area contributed by atoms with Gasteiger partial charge in [0.05, 0.1) is 26.9 Å². The van der Waals surface area contributed by atoms with Crippen LogP contribution in [0.1, 0.15) is 15.2 Å². The van der Waals surface area contributed by atoms with E-state index in [2.05, 4.69) is 15.6 Å². The number of benzene rings is 3. The van der Waals surface area contributed by atoms with Gasteiger partial charge in [-0.3, -0.25) is 14.9 Å². The summed E-state index contributed by atoms with van der Waals surface area (Å²) >= 11 is 13.9. The Balaban J connectivity index is 1.48. The van der Waals surface area contributed by atoms with E-state index in [0.717, 1.165) is 10.4 Å². The van der Waals surface area contributed by atoms with Crippen LogP contribution in [-0.4, -0.2) is 26.8 Å². The van der Waals surface area contributed by atoms with E-state index in [1.165, 1.54) is 29.7 Å². The summed E-state index contributed by atoms with van der Waals surface area (Å²) in [6, 6.07) is 20.9. The Morgan fingerprint density at radius 3 is 2.61 bits per heavy atom. The minimum absolute atomic E-state index is 0.0592. The molecule has 0 aliphatic heterocycles. The first kappa shape index (κ1) is 23.7. The Morgan fingerprint density at radius 1 is 1.08 bits per heavy atom. The number of para-hydroxylation sites is 1. The minimum Gasteiger partial charge on any atom is -0.266 e. The summed E-state index contributed by atoms with van der Waals surface area (Å²) in [5.41, 5.74) is 4.78. The first-order valence-electron chi connectivity index (χ1n) is 10.5. The van der Waals surface area contributed by atoms with Crippen LogP contribution in [0.4, 0.5) is 5.69 Å². The third kappa shape index (κ3) is 4.59. The van der Waals surface area contributed by atoms with E-state index in [-0.39, 0.29) is 15.6 Å². The highest BCUT2D eigenvalue weighted by atomic mass is 35.5. The lowest BCUT2D eigenvalue weighted by molar-refractivity contribution is -0.384. The molecular weight excluding hydrogens is 521 g/mol. The summed E-state index contributed by atoms with van der Waals surface area (Å²) in [7, 11) is 0. The molecule has 0 unspecified atom stereocenters. The average Bonchev–Trinajstić information content (AvgIpc) is 3.47. The fraction of sp³-hybridized carbons (Fsp3) is 0. The zero-order chi connectivity index (χ0) is 25.2. The second-order valence-electron chi connectivity index (χ2n) is 7.58. The predicted octanol–water partition coefficient (Wildman–Crippen LogP) is 6.73. The van der Waals surface area contributed by atoms with Gasteiger partial charge in [-0.25, -0.2) is 10.1 Å². The molecule has 0 saturated carbocycles. The van der Waals surface area contributed by atoms with Crippen molar-refractivity contribution in [2.45, 2.75) is 0 Å². The molecule has 1 amide bonds. The van der Waals surface area contributed by atoms with Gasteiger partial charge in [0.15, 0.2) is 0 Å². The van der Waals surface area contributed by atoms with E-state index in [1.54, 1.807) is 35.1 Å². The van der Waals surface area contributed by atoms with Gasteiger partial charge in [-0.1, -0.05) is 59.6 Å². The fourth-order valence-electron chi connectivity index (χ4n) is 3.61. The smallest absolute Gasteiger partial charge is 0.266 e. The molecule has 2 heterocycles. The highest BCUT2D eigenvalue weighted by Crippen LogP contribution is 2.39. The van der Waals surface area contributed by atoms with Crippen LogP contribution in [0.25, 0.3) is 27.0 Å². The molecule has 178 valence electrons. The second-order valence-corrected chi connectivity index (χ2v) is 9.42. The Morgan fingerprint density at radius 2 is 1.86 bits per heavy atom. The molecule has 0 aliphatic carbocycles. The molecule has 0 atom stereocenters. The fourth-order valence-corrected chi connectivity index (χ4v) is 5.46. The van der Waals surface area contributed by atoms with Crippen molar-refractivity contribution in [2.75, 3.05) is 0 Å². The van der Waals surface area contributed by atoms with E-state index in [0.29, 0.717) is 27.2 Å². The number of aromatic nitrogens is 2. The largest absolute Gasteiger partial charge is 0.283 e. The lowest BCUT2D eigenvalue weighted by Gasteiger charge is -2.01. The molecule has 0 radical (unpaired) electrons. The molecule has 8 nitrogen and oxygen atoms in total. The van der Waals surface area contributed by atoms with Crippen LogP contribution in [-0.2, 0) is 0 Å². The predicted molar refractivity (Wildman–Crippen MR) is 143 cm³/mol. The quantitative estimate of drug-likeness (QED) is 0.148. The van der Waals surface area contributed by atoms with Crippen LogP contribution < -0.4 is 5.43 Å². The van der Waals surface area contributed by atoms with Crippen molar-refractivity contribution in [2.24, 2.45) is 5.10 Å². The Kier molecular flexibility index (Phi) is 6.51. The molecule has 36 heavy (non-hydrogen) atoms. The van der Waals surface area contributed by atoms with E-state index >= 15 is 0 Å². The van der Waals surface area contributed by atoms with Crippen molar-refractivity contribution in [3.05, 3.63) is 110 Å². The normalized spacial score (nSPS) is 11.3. The summed E-state index contributed by atoms with van der Waals surface area (Å²) in [5, 5.41) is 21.4. The number of hydrogen-bond donors (Lipinski definition) is 1. The number of nitro groups is 1. The van der Waals surface area contributed by atoms with Crippen LogP contribution in [0, 0.1) is 10.1 Å². The van der Waals surface area contributed by atoms with E-state index < -0.39 is 10.8 Å². The van der Waals surface area contributed by atoms with Gasteiger partial charge in [-0.05, 0) is 24.3 Å². The monoisotopic (exact) mass is 535 g/mol. The number of hydrogen-bond acceptors (Lipinski definition) is 6. The number of fused-ring (bicyclic) bond motifs is 1. The molecular formula is C25H15Cl2N5O3S. The number of thiophene rings is 1. The molecule has 0 aliphatic rings. The lowest BCUT2D eigenvalue weighted by atomic mass is 10.1. The maximum atomic E-state index is 12.8. The highest BCUT2D eigenvalue weighted by Gasteiger charge is 2.19. The standard InChI is InChI=1S/C25H15Cl2N5O3S/c26-19-10-5-11-20-21(19)22(27)24(36-20)25(33)29-28-13-16-14-31(17-7-2-1-3-8-17)30-23(16)15-6-4-9-18(12-15)32(34)35/h1-14H,(H,29,33). The zero-order valence-electron chi connectivity index (χ0n) is 18.3. The second kappa shape index (κ2) is 9.90. The van der Waals surface area contributed by atoms with E-state index in [9.17, 15) is 14.9 Å². The van der Waals surface area contributed by atoms with E-state index in [1.807, 2.05) is 36.4 Å². The summed E-state index contributed by atoms with van der Waals surface area (Å²) < 4.78 is 2.43. The molecule has 1 N–H and O–H groups in total. The molecule has 2 aromatic heterocycles. The van der Waals surface area contributed by atoms with Crippen LogP contribution in [0.2, 0.25) is 10.0 Å². The number of carbonyl (C=O) groups excluding carboxylic acids is 1. The van der Waals surface area contributed by atoms with Crippen molar-refractivity contribution in [1.29, 1.82) is 0 Å². The maximum Gasteiger partial charge on any atom is 0.283 e. The topological polar surface area (TPSA) is 102 Å². The number of non-ortho nitro benzene ring substituents is 1. The van der Waals surface area contributed by atoms with Crippen molar-refractivity contribution >= 4 is 62.4 Å². The number of nitrogens with zero attached hydrogens (tertiary/aromatic N) is 4. The van der Waals surface area contributed by atoms with Crippen molar-refractivity contribution in [3.63, 3.8) is 0 Å². The lowest BCUT2D eigenvalue weighted by Crippen LogP contribution is -2.16. The number of amides is 1. The van der Waals surface area contributed by atoms with E-state index in [4.69, 9.17) is 23.2 Å². The van der Waals surface area contributed by atoms with Crippen LogP contribution >= 0.6 is 34.5 Å². The third-order valence-corrected chi connectivity index (χ3v) is 7.23. The van der Waals surface area contributed by atoms with Gasteiger partial charge in [0.1, 0.15) is 10.6 Å². The number of carbonyl (C=O) groups is 1. The van der Waals surface area contributed by atoms with Gasteiger partial charge < -0.3 is 0 Å². The zero-order valence-corrected chi connectivity index (χ0v) is 20.6. The average molecular weight is 536 g/mol. The highest BCUT2D eigenvalue weighted by molar-refractivity contribution is 7.21. The first-order valence-corrected chi connectivity index (χ1v) is 12.1. The van der Waals surface area contributed by atoms with Crippen molar-refractivity contribution < 1.29 is 9.72 Å². The molecule has 0 fully saturated rings. The molecule has 0 saturated heterocycles. The first-order chi connectivity index (χ1) is 17.4. The summed E-state index contributed by atoms with van der Waals surface area (Å²) in [6.07, 6.45) is 3.16. The minimum atomic E-state index is -0.485. The van der Waals surface area contributed by atoms with Gasteiger partial charge in [0.2, 0.25) is 0 Å². The van der Waals surface area contributed by atoms with Gasteiger partial charge in [-0.2, -0.15) is 10.2 Å². The van der Waals surface area contributed by atoms with Crippen LogP contribution in [0.5, 0.6) is 0 Å². The SMILES string of the molecule is O=C(NN=Cc1cn(-c2ccccc2)nc1-c1cccc([N+](=O)[O-])c1)c1sc2cccc(Cl)c2c1Cl. The molecule has 0 bridgehead atoms. The van der Waals surface area contributed by atoms with Gasteiger partial charge in [-0.15, -0.1) is 11.3 Å². The third-order valence-electron chi connectivity index (χ3n) is 5.28. The van der Waals surface area contributed by atoms with Gasteiger partial charge in [0, 0.05) is 39.5 Å². The van der Waals surface area contributed by atoms with Gasteiger partial charge >= 0.3 is 0 Å². The Hall–Kier alpha value is -4.05. The summed E-state index contributed by atoms with van der Waals surface area (Å²) in [5.74, 6) is -0.485. The molecule has 0 spiro atoms. The summed E-state index contributed by atoms with van der Waals surface area (Å²) in [6.45, 7) is 0. The number of hydrazone groups is 1. The molecule has 5 aromatic rings. The summed E-state index contributed by atoms with van der Waals surface area (Å²) in [4.78, 5) is 23.9.